The molecule has 0 aliphatic carbocycles. The van der Waals surface area contributed by atoms with Crippen molar-refractivity contribution in [1.29, 1.82) is 0 Å². The van der Waals surface area contributed by atoms with Gasteiger partial charge in [-0.1, -0.05) is 31.2 Å². The molecule has 2 amide bonds. The molecule has 0 spiro atoms. The Morgan fingerprint density at radius 2 is 1.55 bits per heavy atom. The molecule has 2 N–H and O–H groups in total. The van der Waals surface area contributed by atoms with E-state index in [9.17, 15) is 9.59 Å². The molecule has 2 rings (SSSR count). The Kier molecular flexibility index (Phi) is 4.50. The molecular formula is C16H16N2O2. The lowest BCUT2D eigenvalue weighted by molar-refractivity contribution is -0.115. The van der Waals surface area contributed by atoms with E-state index in [1.165, 1.54) is 0 Å². The number of benzene rings is 2. The lowest BCUT2D eigenvalue weighted by Gasteiger charge is -2.08. The van der Waals surface area contributed by atoms with Gasteiger partial charge in [0.05, 0.1) is 0 Å². The Hall–Kier alpha value is -2.62. The van der Waals surface area contributed by atoms with Gasteiger partial charge in [-0.3, -0.25) is 9.59 Å². The van der Waals surface area contributed by atoms with Gasteiger partial charge in [0.15, 0.2) is 0 Å². The van der Waals surface area contributed by atoms with E-state index in [0.717, 1.165) is 0 Å². The van der Waals surface area contributed by atoms with Gasteiger partial charge in [-0.15, -0.1) is 0 Å². The van der Waals surface area contributed by atoms with E-state index in [4.69, 9.17) is 0 Å². The van der Waals surface area contributed by atoms with Crippen LogP contribution in [-0.4, -0.2) is 11.8 Å². The summed E-state index contributed by atoms with van der Waals surface area (Å²) in [5.41, 5.74) is 1.91. The number of anilines is 2. The van der Waals surface area contributed by atoms with Crippen molar-refractivity contribution in [2.45, 2.75) is 13.3 Å². The molecule has 20 heavy (non-hydrogen) atoms. The summed E-state index contributed by atoms with van der Waals surface area (Å²) in [7, 11) is 0. The average Bonchev–Trinajstić information content (AvgIpc) is 2.48. The van der Waals surface area contributed by atoms with Crippen molar-refractivity contribution < 1.29 is 9.59 Å². The number of amides is 2. The minimum atomic E-state index is -0.176. The average molecular weight is 268 g/mol. The minimum Gasteiger partial charge on any atom is -0.326 e. The molecule has 0 aliphatic heterocycles. The van der Waals surface area contributed by atoms with E-state index in [2.05, 4.69) is 10.6 Å². The molecule has 0 saturated carbocycles. The largest absolute Gasteiger partial charge is 0.326 e. The lowest BCUT2D eigenvalue weighted by atomic mass is 10.2. The van der Waals surface area contributed by atoms with E-state index < -0.39 is 0 Å². The molecule has 4 heteroatoms. The molecule has 0 atom stereocenters. The normalized spacial score (nSPS) is 9.85. The zero-order chi connectivity index (χ0) is 14.4. The first-order valence-corrected chi connectivity index (χ1v) is 6.45. The summed E-state index contributed by atoms with van der Waals surface area (Å²) < 4.78 is 0. The quantitative estimate of drug-likeness (QED) is 0.894. The molecule has 0 saturated heterocycles. The Labute approximate surface area is 117 Å². The zero-order valence-electron chi connectivity index (χ0n) is 11.2. The smallest absolute Gasteiger partial charge is 0.255 e. The van der Waals surface area contributed by atoms with Crippen molar-refractivity contribution >= 4 is 23.2 Å². The minimum absolute atomic E-state index is 0.0588. The third kappa shape index (κ3) is 3.68. The molecule has 0 heterocycles. The van der Waals surface area contributed by atoms with Crippen molar-refractivity contribution in [3.8, 4) is 0 Å². The summed E-state index contributed by atoms with van der Waals surface area (Å²) in [5.74, 6) is -0.235. The maximum Gasteiger partial charge on any atom is 0.255 e. The van der Waals surface area contributed by atoms with Gasteiger partial charge in [0, 0.05) is 23.4 Å². The Morgan fingerprint density at radius 1 is 0.900 bits per heavy atom. The van der Waals surface area contributed by atoms with Crippen LogP contribution >= 0.6 is 0 Å². The van der Waals surface area contributed by atoms with Crippen LogP contribution in [0.2, 0.25) is 0 Å². The van der Waals surface area contributed by atoms with E-state index in [1.807, 2.05) is 18.2 Å². The first kappa shape index (κ1) is 13.8. The van der Waals surface area contributed by atoms with Crippen molar-refractivity contribution in [2.24, 2.45) is 0 Å². The molecule has 4 nitrogen and oxygen atoms in total. The van der Waals surface area contributed by atoms with Crippen LogP contribution in [0, 0.1) is 0 Å². The van der Waals surface area contributed by atoms with Crippen LogP contribution in [-0.2, 0) is 4.79 Å². The second-order valence-electron chi connectivity index (χ2n) is 4.30. The number of carbonyl (C=O) groups is 2. The molecule has 0 aliphatic rings. The molecule has 0 fully saturated rings. The topological polar surface area (TPSA) is 58.2 Å². The molecule has 0 bridgehead atoms. The molecule has 2 aromatic rings. The fourth-order valence-corrected chi connectivity index (χ4v) is 1.72. The summed E-state index contributed by atoms with van der Waals surface area (Å²) in [6.45, 7) is 1.79. The van der Waals surface area contributed by atoms with Gasteiger partial charge in [-0.25, -0.2) is 0 Å². The molecule has 2 aromatic carbocycles. The highest BCUT2D eigenvalue weighted by Gasteiger charge is 2.06. The maximum absolute atomic E-state index is 12.0. The van der Waals surface area contributed by atoms with E-state index in [-0.39, 0.29) is 11.8 Å². The predicted octanol–water partition coefficient (Wildman–Crippen LogP) is 3.29. The number of nitrogens with one attached hydrogen (secondary N) is 2. The van der Waals surface area contributed by atoms with Crippen LogP contribution in [0.1, 0.15) is 23.7 Å². The highest BCUT2D eigenvalue weighted by Crippen LogP contribution is 2.16. The first-order valence-electron chi connectivity index (χ1n) is 6.45. The highest BCUT2D eigenvalue weighted by molar-refractivity contribution is 6.04. The van der Waals surface area contributed by atoms with Crippen LogP contribution in [0.3, 0.4) is 0 Å². The molecule has 0 aromatic heterocycles. The first-order chi connectivity index (χ1) is 9.69. The summed E-state index contributed by atoms with van der Waals surface area (Å²) in [6, 6.07) is 16.1. The molecule has 102 valence electrons. The third-order valence-corrected chi connectivity index (χ3v) is 2.76. The predicted molar refractivity (Wildman–Crippen MR) is 79.8 cm³/mol. The number of carbonyl (C=O) groups excluding carboxylic acids is 2. The molecule has 0 radical (unpaired) electrons. The Morgan fingerprint density at radius 3 is 2.20 bits per heavy atom. The van der Waals surface area contributed by atoms with E-state index in [1.54, 1.807) is 43.3 Å². The third-order valence-electron chi connectivity index (χ3n) is 2.76. The van der Waals surface area contributed by atoms with Gasteiger partial charge in [-0.05, 0) is 30.3 Å². The van der Waals surface area contributed by atoms with Crippen molar-refractivity contribution in [3.63, 3.8) is 0 Å². The monoisotopic (exact) mass is 268 g/mol. The molecule has 0 unspecified atom stereocenters. The van der Waals surface area contributed by atoms with Crippen LogP contribution in [0.5, 0.6) is 0 Å². The van der Waals surface area contributed by atoms with Crippen molar-refractivity contribution in [2.75, 3.05) is 10.6 Å². The standard InChI is InChI=1S/C16H16N2O2/c1-2-15(19)17-13-9-6-10-14(11-13)18-16(20)12-7-4-3-5-8-12/h3-11H,2H2,1H3,(H,17,19)(H,18,20). The van der Waals surface area contributed by atoms with Crippen LogP contribution < -0.4 is 10.6 Å². The van der Waals surface area contributed by atoms with Crippen LogP contribution in [0.4, 0.5) is 11.4 Å². The fraction of sp³-hybridized carbons (Fsp3) is 0.125. The van der Waals surface area contributed by atoms with Crippen molar-refractivity contribution in [1.82, 2.24) is 0 Å². The summed E-state index contributed by atoms with van der Waals surface area (Å²) in [6.07, 6.45) is 0.417. The summed E-state index contributed by atoms with van der Waals surface area (Å²) in [5, 5.41) is 5.55. The van der Waals surface area contributed by atoms with Gasteiger partial charge < -0.3 is 10.6 Å². The van der Waals surface area contributed by atoms with Gasteiger partial charge in [0.2, 0.25) is 5.91 Å². The van der Waals surface area contributed by atoms with E-state index in [0.29, 0.717) is 23.4 Å². The second-order valence-corrected chi connectivity index (χ2v) is 4.30. The van der Waals surface area contributed by atoms with Gasteiger partial charge in [-0.2, -0.15) is 0 Å². The van der Waals surface area contributed by atoms with E-state index >= 15 is 0 Å². The van der Waals surface area contributed by atoms with Crippen LogP contribution in [0.15, 0.2) is 54.6 Å². The van der Waals surface area contributed by atoms with Gasteiger partial charge in [0.25, 0.3) is 5.91 Å². The maximum atomic E-state index is 12.0. The SMILES string of the molecule is CCC(=O)Nc1cccc(NC(=O)c2ccccc2)c1. The lowest BCUT2D eigenvalue weighted by Crippen LogP contribution is -2.13. The highest BCUT2D eigenvalue weighted by atomic mass is 16.2. The second kappa shape index (κ2) is 6.52. The number of rotatable bonds is 4. The van der Waals surface area contributed by atoms with Crippen molar-refractivity contribution in [3.05, 3.63) is 60.2 Å². The van der Waals surface area contributed by atoms with Gasteiger partial charge in [0.1, 0.15) is 0 Å². The summed E-state index contributed by atoms with van der Waals surface area (Å²) >= 11 is 0. The Bertz CT molecular complexity index is 609. The fourth-order valence-electron chi connectivity index (χ4n) is 1.72. The van der Waals surface area contributed by atoms with Crippen LogP contribution in [0.25, 0.3) is 0 Å². The van der Waals surface area contributed by atoms with Gasteiger partial charge >= 0.3 is 0 Å². The zero-order valence-corrected chi connectivity index (χ0v) is 11.2. The summed E-state index contributed by atoms with van der Waals surface area (Å²) in [4.78, 5) is 23.3. The number of hydrogen-bond donors (Lipinski definition) is 2. The number of hydrogen-bond acceptors (Lipinski definition) is 2. The molecular weight excluding hydrogens is 252 g/mol. The Balaban J connectivity index is 2.08.